The van der Waals surface area contributed by atoms with Crippen LogP contribution in [0.25, 0.3) is 17.0 Å². The number of nitrogens with one attached hydrogen (secondary N) is 1. The highest BCUT2D eigenvalue weighted by Gasteiger charge is 2.14. The third kappa shape index (κ3) is 3.07. The van der Waals surface area contributed by atoms with Crippen molar-refractivity contribution >= 4 is 22.9 Å². The Bertz CT molecular complexity index is 712. The van der Waals surface area contributed by atoms with Gasteiger partial charge in [0.15, 0.2) is 0 Å². The predicted octanol–water partition coefficient (Wildman–Crippen LogP) is 3.39. The van der Waals surface area contributed by atoms with E-state index < -0.39 is 5.60 Å². The quantitative estimate of drug-likeness (QED) is 0.670. The number of benzene rings is 1. The molecule has 102 valence electrons. The molecule has 1 heterocycles. The molecule has 0 radical (unpaired) electrons. The number of rotatable bonds is 2. The van der Waals surface area contributed by atoms with Crippen molar-refractivity contribution in [3.8, 4) is 6.07 Å². The van der Waals surface area contributed by atoms with Crippen LogP contribution >= 0.6 is 0 Å². The largest absolute Gasteiger partial charge is 0.457 e. The van der Waals surface area contributed by atoms with E-state index in [0.717, 1.165) is 16.5 Å². The summed E-state index contributed by atoms with van der Waals surface area (Å²) in [7, 11) is 0. The van der Waals surface area contributed by atoms with Gasteiger partial charge in [0.1, 0.15) is 11.7 Å². The summed E-state index contributed by atoms with van der Waals surface area (Å²) in [4.78, 5) is 14.7. The molecule has 0 unspecified atom stereocenters. The van der Waals surface area contributed by atoms with Gasteiger partial charge in [-0.1, -0.05) is 12.1 Å². The number of para-hydroxylation sites is 1. The third-order valence-corrected chi connectivity index (χ3v) is 2.67. The lowest BCUT2D eigenvalue weighted by Crippen LogP contribution is -2.22. The van der Waals surface area contributed by atoms with E-state index in [4.69, 9.17) is 10.00 Å². The predicted molar refractivity (Wildman–Crippen MR) is 77.9 cm³/mol. The molecule has 0 saturated heterocycles. The Morgan fingerprint density at radius 2 is 2.15 bits per heavy atom. The third-order valence-electron chi connectivity index (χ3n) is 2.67. The van der Waals surface area contributed by atoms with Crippen LogP contribution in [0.15, 0.2) is 30.5 Å². The number of carbonyl (C=O) groups is 1. The molecule has 0 amide bonds. The number of hydrogen-bond acceptors (Lipinski definition) is 3. The van der Waals surface area contributed by atoms with Crippen LogP contribution in [0.3, 0.4) is 0 Å². The summed E-state index contributed by atoms with van der Waals surface area (Å²) in [6.07, 6.45) is 4.85. The molecule has 0 aliphatic heterocycles. The minimum Gasteiger partial charge on any atom is -0.457 e. The molecule has 0 spiro atoms. The molecule has 0 atom stereocenters. The van der Waals surface area contributed by atoms with Gasteiger partial charge in [-0.25, -0.2) is 4.79 Å². The fourth-order valence-electron chi connectivity index (χ4n) is 1.90. The molecule has 0 aliphatic carbocycles. The number of aromatic nitrogens is 1. The number of hydrogen-bond donors (Lipinski definition) is 1. The lowest BCUT2D eigenvalue weighted by molar-refractivity contribution is -0.148. The molecular formula is C16H16N2O2. The molecule has 20 heavy (non-hydrogen) atoms. The number of ether oxygens (including phenoxy) is 1. The smallest absolute Gasteiger partial charge is 0.331 e. The Balaban J connectivity index is 2.27. The van der Waals surface area contributed by atoms with Crippen molar-refractivity contribution in [2.24, 2.45) is 0 Å². The summed E-state index contributed by atoms with van der Waals surface area (Å²) >= 11 is 0. The van der Waals surface area contributed by atoms with Gasteiger partial charge >= 0.3 is 5.97 Å². The SMILES string of the molecule is CC(C)(C)OC(=O)C=Cc1c[nH]c2c(C#N)cccc12. The van der Waals surface area contributed by atoms with Gasteiger partial charge in [0.25, 0.3) is 0 Å². The molecule has 1 N–H and O–H groups in total. The molecule has 4 nitrogen and oxygen atoms in total. The van der Waals surface area contributed by atoms with Gasteiger partial charge in [0, 0.05) is 23.2 Å². The Kier molecular flexibility index (Phi) is 3.62. The number of H-pyrrole nitrogens is 1. The van der Waals surface area contributed by atoms with Gasteiger partial charge < -0.3 is 9.72 Å². The van der Waals surface area contributed by atoms with E-state index in [1.54, 1.807) is 18.3 Å². The summed E-state index contributed by atoms with van der Waals surface area (Å²) in [6, 6.07) is 7.61. The molecule has 2 rings (SSSR count). The maximum Gasteiger partial charge on any atom is 0.331 e. The monoisotopic (exact) mass is 268 g/mol. The first-order chi connectivity index (χ1) is 9.40. The molecular weight excluding hydrogens is 252 g/mol. The number of esters is 1. The van der Waals surface area contributed by atoms with Crippen molar-refractivity contribution in [1.29, 1.82) is 5.26 Å². The maximum absolute atomic E-state index is 11.6. The van der Waals surface area contributed by atoms with E-state index in [9.17, 15) is 4.79 Å². The Labute approximate surface area is 117 Å². The first-order valence-corrected chi connectivity index (χ1v) is 6.32. The Morgan fingerprint density at radius 3 is 2.80 bits per heavy atom. The first kappa shape index (κ1) is 13.9. The summed E-state index contributed by atoms with van der Waals surface area (Å²) in [5.74, 6) is -0.386. The van der Waals surface area contributed by atoms with Gasteiger partial charge in [-0.15, -0.1) is 0 Å². The van der Waals surface area contributed by atoms with E-state index in [0.29, 0.717) is 5.56 Å². The van der Waals surface area contributed by atoms with E-state index in [1.165, 1.54) is 6.08 Å². The second-order valence-corrected chi connectivity index (χ2v) is 5.45. The average Bonchev–Trinajstić information content (AvgIpc) is 2.77. The number of nitriles is 1. The van der Waals surface area contributed by atoms with Crippen molar-refractivity contribution in [3.63, 3.8) is 0 Å². The molecule has 0 aliphatic rings. The second-order valence-electron chi connectivity index (χ2n) is 5.45. The van der Waals surface area contributed by atoms with Crippen molar-refractivity contribution in [1.82, 2.24) is 4.98 Å². The van der Waals surface area contributed by atoms with Crippen LogP contribution in [0.1, 0.15) is 31.9 Å². The zero-order valence-electron chi connectivity index (χ0n) is 11.7. The van der Waals surface area contributed by atoms with E-state index in [-0.39, 0.29) is 5.97 Å². The van der Waals surface area contributed by atoms with Crippen molar-refractivity contribution in [2.75, 3.05) is 0 Å². The number of fused-ring (bicyclic) bond motifs is 1. The minimum absolute atomic E-state index is 0.386. The number of aromatic amines is 1. The molecule has 1 aromatic carbocycles. The van der Waals surface area contributed by atoms with Gasteiger partial charge in [-0.05, 0) is 32.9 Å². The minimum atomic E-state index is -0.504. The fourth-order valence-corrected chi connectivity index (χ4v) is 1.90. The molecule has 0 fully saturated rings. The summed E-state index contributed by atoms with van der Waals surface area (Å²) in [6.45, 7) is 5.47. The van der Waals surface area contributed by atoms with Crippen molar-refractivity contribution < 1.29 is 9.53 Å². The van der Waals surface area contributed by atoms with Gasteiger partial charge in [-0.3, -0.25) is 0 Å². The van der Waals surface area contributed by atoms with Gasteiger partial charge in [0.05, 0.1) is 11.1 Å². The highest BCUT2D eigenvalue weighted by molar-refractivity contribution is 5.96. The molecule has 0 saturated carbocycles. The van der Waals surface area contributed by atoms with Gasteiger partial charge in [-0.2, -0.15) is 5.26 Å². The number of nitrogens with zero attached hydrogens (tertiary/aromatic N) is 1. The topological polar surface area (TPSA) is 65.9 Å². The zero-order valence-corrected chi connectivity index (χ0v) is 11.7. The van der Waals surface area contributed by atoms with Crippen LogP contribution in [-0.2, 0) is 9.53 Å². The zero-order chi connectivity index (χ0) is 14.8. The molecule has 1 aromatic heterocycles. The molecule has 2 aromatic rings. The maximum atomic E-state index is 11.6. The summed E-state index contributed by atoms with van der Waals surface area (Å²) in [5, 5.41) is 9.93. The van der Waals surface area contributed by atoms with Crippen LogP contribution in [0.5, 0.6) is 0 Å². The first-order valence-electron chi connectivity index (χ1n) is 6.32. The standard InChI is InChI=1S/C16H16N2O2/c1-16(2,3)20-14(19)8-7-12-10-18-15-11(9-17)5-4-6-13(12)15/h4-8,10,18H,1-3H3. The summed E-state index contributed by atoms with van der Waals surface area (Å²) in [5.41, 5.74) is 1.71. The van der Waals surface area contributed by atoms with E-state index in [2.05, 4.69) is 11.1 Å². The van der Waals surface area contributed by atoms with Crippen LogP contribution < -0.4 is 0 Å². The number of carbonyl (C=O) groups excluding carboxylic acids is 1. The average molecular weight is 268 g/mol. The van der Waals surface area contributed by atoms with Crippen LogP contribution in [-0.4, -0.2) is 16.6 Å². The molecule has 4 heteroatoms. The van der Waals surface area contributed by atoms with Gasteiger partial charge in [0.2, 0.25) is 0 Å². The van der Waals surface area contributed by atoms with Crippen molar-refractivity contribution in [2.45, 2.75) is 26.4 Å². The second kappa shape index (κ2) is 5.22. The molecule has 0 bridgehead atoms. The lowest BCUT2D eigenvalue weighted by Gasteiger charge is -2.17. The van der Waals surface area contributed by atoms with Crippen molar-refractivity contribution in [3.05, 3.63) is 41.6 Å². The van der Waals surface area contributed by atoms with E-state index >= 15 is 0 Å². The normalized spacial score (nSPS) is 11.7. The summed E-state index contributed by atoms with van der Waals surface area (Å²) < 4.78 is 5.20. The van der Waals surface area contributed by atoms with Crippen LogP contribution in [0, 0.1) is 11.3 Å². The lowest BCUT2D eigenvalue weighted by atomic mass is 10.1. The highest BCUT2D eigenvalue weighted by Crippen LogP contribution is 2.22. The van der Waals surface area contributed by atoms with Crippen LogP contribution in [0.2, 0.25) is 0 Å². The Hall–Kier alpha value is -2.54. The highest BCUT2D eigenvalue weighted by atomic mass is 16.6. The van der Waals surface area contributed by atoms with E-state index in [1.807, 2.05) is 32.9 Å². The van der Waals surface area contributed by atoms with Crippen LogP contribution in [0.4, 0.5) is 0 Å². The fraction of sp³-hybridized carbons (Fsp3) is 0.250. The Morgan fingerprint density at radius 1 is 1.40 bits per heavy atom.